The van der Waals surface area contributed by atoms with Crippen molar-refractivity contribution in [3.8, 4) is 0 Å². The summed E-state index contributed by atoms with van der Waals surface area (Å²) in [6, 6.07) is 4.83. The van der Waals surface area contributed by atoms with Crippen molar-refractivity contribution in [2.45, 2.75) is 60.6 Å². The highest BCUT2D eigenvalue weighted by atomic mass is 19.4. The Morgan fingerprint density at radius 3 is 2.03 bits per heavy atom. The summed E-state index contributed by atoms with van der Waals surface area (Å²) in [4.78, 5) is 0. The molecule has 0 fully saturated rings. The number of hydrogen-bond donors (Lipinski definition) is 0. The molecule has 4 rings (SSSR count). The molecule has 2 aliphatic rings. The van der Waals surface area contributed by atoms with Crippen LogP contribution < -0.4 is 0 Å². The quantitative estimate of drug-likeness (QED) is 0.357. The van der Waals surface area contributed by atoms with Crippen LogP contribution >= 0.6 is 0 Å². The van der Waals surface area contributed by atoms with Gasteiger partial charge in [0.25, 0.3) is 0 Å². The Labute approximate surface area is 184 Å². The van der Waals surface area contributed by atoms with Gasteiger partial charge in [-0.3, -0.25) is 0 Å². The molecule has 8 heteroatoms. The maximum absolute atomic E-state index is 16.1. The summed E-state index contributed by atoms with van der Waals surface area (Å²) in [5.41, 5.74) is 5.32. The SMILES string of the molecule is CCC1=C(C)C2=C(c3ccc(C(F)(F)F)cc3)c3c(C)c(CC)c(C)n3[B-](F)(F)[N+]2=C1C. The normalized spacial score (nSPS) is 18.0. The fourth-order valence-corrected chi connectivity index (χ4v) is 5.58. The Bertz CT molecular complexity index is 1220. The van der Waals surface area contributed by atoms with E-state index in [0.717, 1.165) is 43.4 Å². The van der Waals surface area contributed by atoms with Gasteiger partial charge in [-0.25, -0.2) is 0 Å². The Morgan fingerprint density at radius 1 is 0.938 bits per heavy atom. The van der Waals surface area contributed by atoms with Crippen LogP contribution in [0, 0.1) is 13.8 Å². The molecule has 3 heterocycles. The first kappa shape index (κ1) is 22.6. The van der Waals surface area contributed by atoms with Crippen LogP contribution in [0.1, 0.15) is 67.8 Å². The van der Waals surface area contributed by atoms with Crippen molar-refractivity contribution in [3.63, 3.8) is 0 Å². The number of aromatic nitrogens is 1. The molecule has 0 atom stereocenters. The third kappa shape index (κ3) is 2.87. The Morgan fingerprint density at radius 2 is 1.53 bits per heavy atom. The van der Waals surface area contributed by atoms with Gasteiger partial charge in [-0.2, -0.15) is 13.2 Å². The van der Waals surface area contributed by atoms with Crippen LogP contribution in [-0.2, 0) is 12.6 Å². The Kier molecular flexibility index (Phi) is 5.07. The summed E-state index contributed by atoms with van der Waals surface area (Å²) >= 11 is 0. The molecule has 0 radical (unpaired) electrons. The van der Waals surface area contributed by atoms with Crippen molar-refractivity contribution in [2.24, 2.45) is 0 Å². The molecule has 0 unspecified atom stereocenters. The summed E-state index contributed by atoms with van der Waals surface area (Å²) in [5.74, 6) is 0. The minimum atomic E-state index is -4.46. The smallest absolute Gasteiger partial charge is 0.393 e. The molecule has 32 heavy (non-hydrogen) atoms. The van der Waals surface area contributed by atoms with E-state index in [1.165, 1.54) is 12.1 Å². The predicted molar refractivity (Wildman–Crippen MR) is 118 cm³/mol. The van der Waals surface area contributed by atoms with Crippen LogP contribution in [0.15, 0.2) is 41.1 Å². The molecular weight excluding hydrogens is 422 g/mol. The molecule has 2 aliphatic heterocycles. The van der Waals surface area contributed by atoms with E-state index in [9.17, 15) is 13.2 Å². The molecular formula is C24H26BF5N2. The van der Waals surface area contributed by atoms with Crippen LogP contribution in [0.5, 0.6) is 0 Å². The predicted octanol–water partition coefficient (Wildman–Crippen LogP) is 6.90. The standard InChI is InChI=1S/C24H26BF5N2/c1-7-19-13(3)22-21(17-9-11-18(12-10-17)24(26,27)28)23-14(4)20(8-2)16(6)32(23)25(29,30)31(22)15(19)5/h9-12H,7-8H2,1-6H3. The molecule has 1 aromatic carbocycles. The summed E-state index contributed by atoms with van der Waals surface area (Å²) in [5, 5.41) is 0. The van der Waals surface area contributed by atoms with Crippen LogP contribution in [0.25, 0.3) is 5.57 Å². The minimum absolute atomic E-state index is 0.403. The lowest BCUT2D eigenvalue weighted by atomic mass is 9.83. The van der Waals surface area contributed by atoms with E-state index in [2.05, 4.69) is 0 Å². The lowest BCUT2D eigenvalue weighted by molar-refractivity contribution is -0.363. The molecule has 0 aliphatic carbocycles. The van der Waals surface area contributed by atoms with Crippen molar-refractivity contribution >= 4 is 18.3 Å². The number of halogens is 5. The molecule has 0 amide bonds. The monoisotopic (exact) mass is 448 g/mol. The van der Waals surface area contributed by atoms with Crippen molar-refractivity contribution in [2.75, 3.05) is 0 Å². The summed E-state index contributed by atoms with van der Waals surface area (Å²) < 4.78 is 73.9. The molecule has 2 aromatic rings. The van der Waals surface area contributed by atoms with E-state index in [1.807, 2.05) is 27.7 Å². The molecule has 0 saturated heterocycles. The third-order valence-electron chi connectivity index (χ3n) is 7.00. The number of nitrogens with zero attached hydrogens (tertiary/aromatic N) is 2. The average Bonchev–Trinajstić information content (AvgIpc) is 3.12. The lowest BCUT2D eigenvalue weighted by Gasteiger charge is -2.34. The van der Waals surface area contributed by atoms with Gasteiger partial charge in [-0.15, -0.1) is 0 Å². The average molecular weight is 448 g/mol. The Balaban J connectivity index is 2.15. The van der Waals surface area contributed by atoms with Gasteiger partial charge < -0.3 is 17.6 Å². The largest absolute Gasteiger partial charge is 0.737 e. The maximum atomic E-state index is 16.1. The topological polar surface area (TPSA) is 7.94 Å². The molecule has 2 nitrogen and oxygen atoms in total. The Hall–Kier alpha value is -2.64. The molecule has 170 valence electrons. The first-order chi connectivity index (χ1) is 14.9. The van der Waals surface area contributed by atoms with E-state index >= 15 is 8.63 Å². The molecule has 0 spiro atoms. The van der Waals surface area contributed by atoms with E-state index in [4.69, 9.17) is 0 Å². The number of hydrogen-bond acceptors (Lipinski definition) is 0. The van der Waals surface area contributed by atoms with Gasteiger partial charge in [0.2, 0.25) is 0 Å². The fourth-order valence-electron chi connectivity index (χ4n) is 5.58. The van der Waals surface area contributed by atoms with Gasteiger partial charge in [-0.1, -0.05) is 26.0 Å². The second kappa shape index (κ2) is 7.19. The van der Waals surface area contributed by atoms with Crippen molar-refractivity contribution < 1.29 is 26.3 Å². The van der Waals surface area contributed by atoms with Crippen molar-refractivity contribution in [1.82, 2.24) is 4.48 Å². The first-order valence-corrected chi connectivity index (χ1v) is 10.9. The number of benzene rings is 1. The molecule has 0 bridgehead atoms. The zero-order valence-corrected chi connectivity index (χ0v) is 19.1. The van der Waals surface area contributed by atoms with Gasteiger partial charge in [0.1, 0.15) is 5.71 Å². The van der Waals surface area contributed by atoms with Crippen LogP contribution in [-0.4, -0.2) is 21.6 Å². The van der Waals surface area contributed by atoms with E-state index < -0.39 is 18.7 Å². The zero-order chi connectivity index (χ0) is 23.7. The third-order valence-corrected chi connectivity index (χ3v) is 7.00. The van der Waals surface area contributed by atoms with Gasteiger partial charge in [0, 0.05) is 23.8 Å². The molecule has 0 N–H and O–H groups in total. The van der Waals surface area contributed by atoms with Gasteiger partial charge in [0.05, 0.1) is 11.1 Å². The zero-order valence-electron chi connectivity index (χ0n) is 19.1. The van der Waals surface area contributed by atoms with E-state index in [-0.39, 0.29) is 0 Å². The van der Waals surface area contributed by atoms with E-state index in [0.29, 0.717) is 46.8 Å². The fraction of sp³-hybridized carbons (Fsp3) is 0.375. The first-order valence-electron chi connectivity index (χ1n) is 10.9. The highest BCUT2D eigenvalue weighted by Gasteiger charge is 2.56. The molecule has 0 saturated carbocycles. The second-order valence-electron chi connectivity index (χ2n) is 8.56. The van der Waals surface area contributed by atoms with Crippen LogP contribution in [0.3, 0.4) is 0 Å². The van der Waals surface area contributed by atoms with Gasteiger partial charge >= 0.3 is 13.1 Å². The second-order valence-corrected chi connectivity index (χ2v) is 8.56. The minimum Gasteiger partial charge on any atom is -0.393 e. The summed E-state index contributed by atoms with van der Waals surface area (Å²) in [6.07, 6.45) is -3.27. The molecule has 1 aromatic heterocycles. The summed E-state index contributed by atoms with van der Waals surface area (Å²) in [6.45, 7) is 6.76. The van der Waals surface area contributed by atoms with Gasteiger partial charge in [-0.05, 0) is 68.1 Å². The number of alkyl halides is 3. The van der Waals surface area contributed by atoms with E-state index in [1.54, 1.807) is 13.8 Å². The van der Waals surface area contributed by atoms with Crippen molar-refractivity contribution in [1.29, 1.82) is 0 Å². The number of allylic oxidation sites excluding steroid dienone is 2. The van der Waals surface area contributed by atoms with Crippen LogP contribution in [0.4, 0.5) is 21.8 Å². The van der Waals surface area contributed by atoms with Gasteiger partial charge in [0.15, 0.2) is 5.70 Å². The highest BCUT2D eigenvalue weighted by Crippen LogP contribution is 2.47. The van der Waals surface area contributed by atoms with Crippen LogP contribution in [0.2, 0.25) is 0 Å². The summed E-state index contributed by atoms with van der Waals surface area (Å²) in [7, 11) is 0. The number of fused-ring (bicyclic) bond motifs is 2. The number of rotatable bonds is 3. The lowest BCUT2D eigenvalue weighted by Crippen LogP contribution is -2.51. The van der Waals surface area contributed by atoms with Crippen molar-refractivity contribution in [3.05, 3.63) is 74.8 Å². The maximum Gasteiger partial charge on any atom is 0.737 e. The highest BCUT2D eigenvalue weighted by molar-refractivity contribution is 6.58.